The number of carbonyl (C=O) groups excluding carboxylic acids is 1. The average molecular weight is 306 g/mol. The quantitative estimate of drug-likeness (QED) is 0.816. The molecule has 1 aromatic rings. The fourth-order valence-electron chi connectivity index (χ4n) is 2.82. The fourth-order valence-corrected chi connectivity index (χ4v) is 2.82. The Bertz CT molecular complexity index is 511. The number of piperazine rings is 1. The third kappa shape index (κ3) is 3.30. The topological polar surface area (TPSA) is 67.8 Å². The lowest BCUT2D eigenvalue weighted by atomic mass is 10.2. The van der Waals surface area contributed by atoms with E-state index in [4.69, 9.17) is 9.47 Å². The first-order valence-electron chi connectivity index (χ1n) is 7.89. The third-order valence-electron chi connectivity index (χ3n) is 3.99. The Hall–Kier alpha value is -1.89. The maximum atomic E-state index is 12.3. The summed E-state index contributed by atoms with van der Waals surface area (Å²) in [6, 6.07) is 1.75. The van der Waals surface area contributed by atoms with Crippen LogP contribution in [0.25, 0.3) is 0 Å². The molecule has 2 fully saturated rings. The van der Waals surface area contributed by atoms with Gasteiger partial charge in [-0.05, 0) is 19.8 Å². The number of nitrogens with zero attached hydrogens (tertiary/aromatic N) is 4. The molecule has 0 radical (unpaired) electrons. The molecule has 0 spiro atoms. The zero-order valence-electron chi connectivity index (χ0n) is 12.9. The highest BCUT2D eigenvalue weighted by molar-refractivity contribution is 5.81. The molecule has 2 aliphatic rings. The molecule has 2 aliphatic heterocycles. The first kappa shape index (κ1) is 15.0. The summed E-state index contributed by atoms with van der Waals surface area (Å²) in [7, 11) is 0. The van der Waals surface area contributed by atoms with Crippen molar-refractivity contribution in [2.45, 2.75) is 25.9 Å². The van der Waals surface area contributed by atoms with Crippen LogP contribution in [-0.2, 0) is 9.53 Å². The van der Waals surface area contributed by atoms with Crippen molar-refractivity contribution < 1.29 is 14.3 Å². The van der Waals surface area contributed by atoms with Crippen molar-refractivity contribution in [2.75, 3.05) is 44.3 Å². The number of aromatic nitrogens is 2. The maximum Gasteiger partial charge on any atom is 0.251 e. The Morgan fingerprint density at radius 2 is 2.23 bits per heavy atom. The molecule has 7 heteroatoms. The van der Waals surface area contributed by atoms with Crippen LogP contribution in [-0.4, -0.2) is 66.3 Å². The highest BCUT2D eigenvalue weighted by Gasteiger charge is 2.30. The van der Waals surface area contributed by atoms with Crippen LogP contribution >= 0.6 is 0 Å². The van der Waals surface area contributed by atoms with Crippen LogP contribution < -0.4 is 9.64 Å². The Morgan fingerprint density at radius 3 is 2.91 bits per heavy atom. The van der Waals surface area contributed by atoms with E-state index in [9.17, 15) is 4.79 Å². The lowest BCUT2D eigenvalue weighted by Gasteiger charge is -2.35. The van der Waals surface area contributed by atoms with Gasteiger partial charge in [0, 0.05) is 45.0 Å². The standard InChI is InChI=1S/C15H22N4O3/c1-2-21-13-5-6-16-15(17-13)19-9-7-18(8-10-19)14(20)12-4-3-11-22-12/h5-6,12H,2-4,7-11H2,1H3/t12-/m1/s1. The second-order valence-corrected chi connectivity index (χ2v) is 5.44. The van der Waals surface area contributed by atoms with Gasteiger partial charge in [0.05, 0.1) is 6.61 Å². The van der Waals surface area contributed by atoms with Gasteiger partial charge in [0.1, 0.15) is 6.10 Å². The van der Waals surface area contributed by atoms with Crippen LogP contribution in [0.5, 0.6) is 5.88 Å². The number of rotatable bonds is 4. The molecule has 0 bridgehead atoms. The van der Waals surface area contributed by atoms with Gasteiger partial charge in [-0.2, -0.15) is 4.98 Å². The minimum Gasteiger partial charge on any atom is -0.478 e. The predicted octanol–water partition coefficient (Wildman–Crippen LogP) is 0.703. The summed E-state index contributed by atoms with van der Waals surface area (Å²) in [6.45, 7) is 6.04. The van der Waals surface area contributed by atoms with Crippen LogP contribution in [0.3, 0.4) is 0 Å². The van der Waals surface area contributed by atoms with E-state index < -0.39 is 0 Å². The number of hydrogen-bond donors (Lipinski definition) is 0. The van der Waals surface area contributed by atoms with Gasteiger partial charge >= 0.3 is 0 Å². The number of ether oxygens (including phenoxy) is 2. The summed E-state index contributed by atoms with van der Waals surface area (Å²) in [5.74, 6) is 1.38. The van der Waals surface area contributed by atoms with E-state index in [0.717, 1.165) is 25.9 Å². The number of amides is 1. The molecular formula is C15H22N4O3. The molecule has 1 amide bonds. The summed E-state index contributed by atoms with van der Waals surface area (Å²) < 4.78 is 10.9. The molecule has 120 valence electrons. The molecule has 7 nitrogen and oxygen atoms in total. The van der Waals surface area contributed by atoms with E-state index in [1.165, 1.54) is 0 Å². The SMILES string of the molecule is CCOc1ccnc(N2CCN(C(=O)[C@H]3CCCO3)CC2)n1. The normalized spacial score (nSPS) is 22.0. The zero-order valence-corrected chi connectivity index (χ0v) is 12.9. The summed E-state index contributed by atoms with van der Waals surface area (Å²) >= 11 is 0. The molecule has 0 aromatic carbocycles. The van der Waals surface area contributed by atoms with Crippen molar-refractivity contribution in [2.24, 2.45) is 0 Å². The summed E-state index contributed by atoms with van der Waals surface area (Å²) in [5, 5.41) is 0. The van der Waals surface area contributed by atoms with Crippen LogP contribution in [0.15, 0.2) is 12.3 Å². The first-order valence-corrected chi connectivity index (χ1v) is 7.89. The summed E-state index contributed by atoms with van der Waals surface area (Å²) in [6.07, 6.45) is 3.30. The van der Waals surface area contributed by atoms with Crippen LogP contribution in [0.2, 0.25) is 0 Å². The number of carbonyl (C=O) groups is 1. The molecule has 22 heavy (non-hydrogen) atoms. The largest absolute Gasteiger partial charge is 0.478 e. The van der Waals surface area contributed by atoms with Gasteiger partial charge < -0.3 is 19.3 Å². The van der Waals surface area contributed by atoms with Crippen molar-refractivity contribution >= 4 is 11.9 Å². The Kier molecular flexibility index (Phi) is 4.72. The van der Waals surface area contributed by atoms with Crippen LogP contribution in [0.4, 0.5) is 5.95 Å². The van der Waals surface area contributed by atoms with Gasteiger partial charge in [-0.1, -0.05) is 0 Å². The first-order chi connectivity index (χ1) is 10.8. The molecule has 1 aromatic heterocycles. The van der Waals surface area contributed by atoms with E-state index in [-0.39, 0.29) is 12.0 Å². The second kappa shape index (κ2) is 6.91. The minimum atomic E-state index is -0.232. The van der Waals surface area contributed by atoms with Crippen LogP contribution in [0.1, 0.15) is 19.8 Å². The minimum absolute atomic E-state index is 0.126. The molecule has 2 saturated heterocycles. The number of anilines is 1. The van der Waals surface area contributed by atoms with E-state index in [1.54, 1.807) is 12.3 Å². The van der Waals surface area contributed by atoms with Gasteiger partial charge in [0.2, 0.25) is 11.8 Å². The highest BCUT2D eigenvalue weighted by Crippen LogP contribution is 2.18. The van der Waals surface area contributed by atoms with Gasteiger partial charge in [0.15, 0.2) is 0 Å². The summed E-state index contributed by atoms with van der Waals surface area (Å²) in [5.41, 5.74) is 0. The van der Waals surface area contributed by atoms with E-state index in [0.29, 0.717) is 38.1 Å². The average Bonchev–Trinajstić information content (AvgIpc) is 3.09. The monoisotopic (exact) mass is 306 g/mol. The van der Waals surface area contributed by atoms with Crippen molar-refractivity contribution in [1.82, 2.24) is 14.9 Å². The van der Waals surface area contributed by atoms with Gasteiger partial charge in [-0.15, -0.1) is 0 Å². The second-order valence-electron chi connectivity index (χ2n) is 5.44. The predicted molar refractivity (Wildman–Crippen MR) is 81.0 cm³/mol. The van der Waals surface area contributed by atoms with Crippen LogP contribution in [0, 0.1) is 0 Å². The smallest absolute Gasteiger partial charge is 0.251 e. The van der Waals surface area contributed by atoms with Crippen molar-refractivity contribution in [3.05, 3.63) is 12.3 Å². The lowest BCUT2D eigenvalue weighted by molar-refractivity contribution is -0.141. The van der Waals surface area contributed by atoms with E-state index in [1.807, 2.05) is 11.8 Å². The van der Waals surface area contributed by atoms with Gasteiger partial charge in [-0.3, -0.25) is 4.79 Å². The summed E-state index contributed by atoms with van der Waals surface area (Å²) in [4.78, 5) is 25.0. The van der Waals surface area contributed by atoms with Crippen molar-refractivity contribution in [1.29, 1.82) is 0 Å². The number of hydrogen-bond acceptors (Lipinski definition) is 6. The van der Waals surface area contributed by atoms with Gasteiger partial charge in [-0.25, -0.2) is 4.98 Å². The molecule has 0 unspecified atom stereocenters. The van der Waals surface area contributed by atoms with E-state index in [2.05, 4.69) is 14.9 Å². The third-order valence-corrected chi connectivity index (χ3v) is 3.99. The van der Waals surface area contributed by atoms with E-state index >= 15 is 0 Å². The molecule has 0 aliphatic carbocycles. The highest BCUT2D eigenvalue weighted by atomic mass is 16.5. The maximum absolute atomic E-state index is 12.3. The lowest BCUT2D eigenvalue weighted by Crippen LogP contribution is -2.51. The Balaban J connectivity index is 1.57. The van der Waals surface area contributed by atoms with Crippen molar-refractivity contribution in [3.63, 3.8) is 0 Å². The molecule has 3 rings (SSSR count). The molecule has 0 N–H and O–H groups in total. The Morgan fingerprint density at radius 1 is 1.41 bits per heavy atom. The molecule has 0 saturated carbocycles. The molecule has 1 atom stereocenters. The van der Waals surface area contributed by atoms with Gasteiger partial charge in [0.25, 0.3) is 5.91 Å². The van der Waals surface area contributed by atoms with Crippen molar-refractivity contribution in [3.8, 4) is 5.88 Å². The zero-order chi connectivity index (χ0) is 15.4. The Labute approximate surface area is 130 Å². The molecule has 3 heterocycles. The molecular weight excluding hydrogens is 284 g/mol. The fraction of sp³-hybridized carbons (Fsp3) is 0.667.